The van der Waals surface area contributed by atoms with Gasteiger partial charge in [-0.05, 0) is 37.1 Å². The van der Waals surface area contributed by atoms with Crippen LogP contribution >= 0.6 is 0 Å². The smallest absolute Gasteiger partial charge is 0.269 e. The van der Waals surface area contributed by atoms with Crippen molar-refractivity contribution in [2.24, 2.45) is 0 Å². The molecule has 8 heteroatoms. The minimum absolute atomic E-state index is 0.0665. The van der Waals surface area contributed by atoms with E-state index in [9.17, 15) is 24.5 Å². The minimum Gasteiger partial charge on any atom is -0.323 e. The Morgan fingerprint density at radius 1 is 0.968 bits per heavy atom. The second-order valence-electron chi connectivity index (χ2n) is 7.93. The molecule has 1 unspecified atom stereocenters. The maximum atomic E-state index is 13.5. The van der Waals surface area contributed by atoms with Gasteiger partial charge in [-0.3, -0.25) is 24.5 Å². The van der Waals surface area contributed by atoms with E-state index in [0.29, 0.717) is 5.69 Å². The second kappa shape index (κ2) is 8.67. The van der Waals surface area contributed by atoms with Crippen LogP contribution in [0.3, 0.4) is 0 Å². The summed E-state index contributed by atoms with van der Waals surface area (Å²) >= 11 is 0. The highest BCUT2D eigenvalue weighted by Gasteiger charge is 2.46. The Morgan fingerprint density at radius 2 is 1.61 bits per heavy atom. The number of hydrogen-bond donors (Lipinski definition) is 0. The quantitative estimate of drug-likeness (QED) is 0.416. The summed E-state index contributed by atoms with van der Waals surface area (Å²) in [5.41, 5.74) is 0.657. The van der Waals surface area contributed by atoms with Gasteiger partial charge in [-0.25, -0.2) is 4.90 Å². The average Bonchev–Trinajstić information content (AvgIpc) is 3.08. The molecule has 160 valence electrons. The van der Waals surface area contributed by atoms with Gasteiger partial charge in [0.05, 0.1) is 17.0 Å². The van der Waals surface area contributed by atoms with Crippen molar-refractivity contribution in [3.05, 3.63) is 70.3 Å². The molecule has 0 bridgehead atoms. The molecule has 8 nitrogen and oxygen atoms in total. The van der Waals surface area contributed by atoms with Crippen LogP contribution in [0, 0.1) is 10.1 Å². The van der Waals surface area contributed by atoms with E-state index in [-0.39, 0.29) is 35.5 Å². The summed E-state index contributed by atoms with van der Waals surface area (Å²) in [6.07, 6.45) is 4.44. The first-order valence-electron chi connectivity index (χ1n) is 10.5. The van der Waals surface area contributed by atoms with E-state index in [0.717, 1.165) is 37.0 Å². The number of para-hydroxylation sites is 1. The molecular weight excluding hydrogens is 398 g/mol. The SMILES string of the molecule is O=C1CC(N(C(=O)c2ccc([N+](=O)[O-])cc2)C2CCCCC2)C(=O)N1c1ccccc1. The van der Waals surface area contributed by atoms with Crippen LogP contribution in [0.25, 0.3) is 0 Å². The fourth-order valence-electron chi connectivity index (χ4n) is 4.48. The van der Waals surface area contributed by atoms with Crippen LogP contribution in [0.5, 0.6) is 0 Å². The van der Waals surface area contributed by atoms with Gasteiger partial charge in [-0.15, -0.1) is 0 Å². The maximum Gasteiger partial charge on any atom is 0.269 e. The fraction of sp³-hybridized carbons (Fsp3) is 0.348. The number of imide groups is 1. The van der Waals surface area contributed by atoms with Crippen molar-refractivity contribution in [2.45, 2.75) is 50.6 Å². The Hall–Kier alpha value is -3.55. The van der Waals surface area contributed by atoms with E-state index >= 15 is 0 Å². The monoisotopic (exact) mass is 421 g/mol. The van der Waals surface area contributed by atoms with Gasteiger partial charge in [0.25, 0.3) is 17.5 Å². The van der Waals surface area contributed by atoms with Crippen molar-refractivity contribution >= 4 is 29.1 Å². The number of nitro groups is 1. The Balaban J connectivity index is 1.66. The minimum atomic E-state index is -0.876. The molecule has 3 amide bonds. The third-order valence-corrected chi connectivity index (χ3v) is 6.00. The fourth-order valence-corrected chi connectivity index (χ4v) is 4.48. The summed E-state index contributed by atoms with van der Waals surface area (Å²) in [6, 6.07) is 13.1. The number of non-ortho nitro benzene ring substituents is 1. The summed E-state index contributed by atoms with van der Waals surface area (Å²) in [5, 5.41) is 10.9. The molecule has 2 aromatic rings. The Labute approximate surface area is 179 Å². The van der Waals surface area contributed by atoms with Crippen LogP contribution in [0.1, 0.15) is 48.9 Å². The van der Waals surface area contributed by atoms with Gasteiger partial charge in [0.1, 0.15) is 6.04 Å². The van der Waals surface area contributed by atoms with Crippen molar-refractivity contribution in [1.29, 1.82) is 0 Å². The van der Waals surface area contributed by atoms with E-state index in [1.165, 1.54) is 24.3 Å². The number of nitro benzene ring substituents is 1. The lowest BCUT2D eigenvalue weighted by atomic mass is 9.92. The molecule has 0 N–H and O–H groups in total. The maximum absolute atomic E-state index is 13.5. The topological polar surface area (TPSA) is 101 Å². The summed E-state index contributed by atoms with van der Waals surface area (Å²) < 4.78 is 0. The van der Waals surface area contributed by atoms with Gasteiger partial charge in [-0.1, -0.05) is 37.5 Å². The van der Waals surface area contributed by atoms with Crippen molar-refractivity contribution < 1.29 is 19.3 Å². The lowest BCUT2D eigenvalue weighted by molar-refractivity contribution is -0.384. The molecule has 4 rings (SSSR count). The van der Waals surface area contributed by atoms with E-state index in [2.05, 4.69) is 0 Å². The summed E-state index contributed by atoms with van der Waals surface area (Å²) in [4.78, 5) is 52.7. The van der Waals surface area contributed by atoms with E-state index in [1.807, 2.05) is 0 Å². The number of rotatable bonds is 5. The number of carbonyl (C=O) groups is 3. The normalized spacial score (nSPS) is 19.5. The van der Waals surface area contributed by atoms with Crippen LogP contribution in [0.15, 0.2) is 54.6 Å². The molecule has 2 aliphatic rings. The molecule has 1 saturated heterocycles. The van der Waals surface area contributed by atoms with Crippen LogP contribution < -0.4 is 4.90 Å². The summed E-state index contributed by atoms with van der Waals surface area (Å²) in [7, 11) is 0. The van der Waals surface area contributed by atoms with Crippen LogP contribution in [-0.4, -0.2) is 39.6 Å². The molecule has 1 aliphatic carbocycles. The first-order valence-corrected chi connectivity index (χ1v) is 10.5. The van der Waals surface area contributed by atoms with Gasteiger partial charge in [0, 0.05) is 23.7 Å². The molecule has 1 heterocycles. The molecule has 2 aromatic carbocycles. The largest absolute Gasteiger partial charge is 0.323 e. The van der Waals surface area contributed by atoms with E-state index in [1.54, 1.807) is 35.2 Å². The first kappa shape index (κ1) is 20.7. The Kier molecular flexibility index (Phi) is 5.79. The Morgan fingerprint density at radius 3 is 2.23 bits per heavy atom. The summed E-state index contributed by atoms with van der Waals surface area (Å²) in [6.45, 7) is 0. The molecule has 0 spiro atoms. The lowest BCUT2D eigenvalue weighted by Gasteiger charge is -2.37. The first-order chi connectivity index (χ1) is 15.0. The van der Waals surface area contributed by atoms with Gasteiger partial charge >= 0.3 is 0 Å². The number of amides is 3. The van der Waals surface area contributed by atoms with Crippen molar-refractivity contribution in [1.82, 2.24) is 4.90 Å². The third kappa shape index (κ3) is 4.05. The zero-order chi connectivity index (χ0) is 22.0. The highest BCUT2D eigenvalue weighted by molar-refractivity contribution is 6.23. The van der Waals surface area contributed by atoms with Crippen LogP contribution in [-0.2, 0) is 9.59 Å². The third-order valence-electron chi connectivity index (χ3n) is 6.00. The number of nitrogens with zero attached hydrogens (tertiary/aromatic N) is 3. The van der Waals surface area contributed by atoms with Crippen LogP contribution in [0.2, 0.25) is 0 Å². The van der Waals surface area contributed by atoms with Gasteiger partial charge in [-0.2, -0.15) is 0 Å². The standard InChI is InChI=1S/C23H23N3O5/c27-21-15-20(23(29)25(21)18-9-5-2-6-10-18)24(17-7-3-1-4-8-17)22(28)16-11-13-19(14-12-16)26(30)31/h2,5-6,9-14,17,20H,1,3-4,7-8,15H2. The second-order valence-corrected chi connectivity index (χ2v) is 7.93. The predicted octanol–water partition coefficient (Wildman–Crippen LogP) is 3.70. The Bertz CT molecular complexity index is 1000. The van der Waals surface area contributed by atoms with Crippen molar-refractivity contribution in [3.8, 4) is 0 Å². The molecule has 2 fully saturated rings. The molecule has 0 radical (unpaired) electrons. The van der Waals surface area contributed by atoms with E-state index in [4.69, 9.17) is 0 Å². The number of hydrogen-bond acceptors (Lipinski definition) is 5. The number of carbonyl (C=O) groups excluding carboxylic acids is 3. The zero-order valence-corrected chi connectivity index (χ0v) is 17.0. The number of benzene rings is 2. The zero-order valence-electron chi connectivity index (χ0n) is 17.0. The lowest BCUT2D eigenvalue weighted by Crippen LogP contribution is -2.51. The highest BCUT2D eigenvalue weighted by atomic mass is 16.6. The molecule has 0 aromatic heterocycles. The highest BCUT2D eigenvalue weighted by Crippen LogP contribution is 2.32. The molecule has 31 heavy (non-hydrogen) atoms. The molecule has 1 saturated carbocycles. The van der Waals surface area contributed by atoms with Crippen molar-refractivity contribution in [2.75, 3.05) is 4.90 Å². The molecule has 1 atom stereocenters. The van der Waals surface area contributed by atoms with Gasteiger partial charge < -0.3 is 4.90 Å². The predicted molar refractivity (Wildman–Crippen MR) is 113 cm³/mol. The number of anilines is 1. The average molecular weight is 421 g/mol. The van der Waals surface area contributed by atoms with Gasteiger partial charge in [0.15, 0.2) is 0 Å². The summed E-state index contributed by atoms with van der Waals surface area (Å²) in [5.74, 6) is -1.11. The molecule has 1 aliphatic heterocycles. The van der Waals surface area contributed by atoms with Crippen molar-refractivity contribution in [3.63, 3.8) is 0 Å². The molecular formula is C23H23N3O5. The van der Waals surface area contributed by atoms with E-state index < -0.39 is 16.9 Å². The van der Waals surface area contributed by atoms with Gasteiger partial charge in [0.2, 0.25) is 5.91 Å². The van der Waals surface area contributed by atoms with Crippen LogP contribution in [0.4, 0.5) is 11.4 Å².